The molecule has 0 saturated carbocycles. The van der Waals surface area contributed by atoms with E-state index in [1.165, 1.54) is 24.3 Å². The number of carboxylic acids is 1. The fourth-order valence-electron chi connectivity index (χ4n) is 3.46. The molecule has 6 N–H and O–H groups in total. The monoisotopic (exact) mass is 533 g/mol. The summed E-state index contributed by atoms with van der Waals surface area (Å²) in [6, 6.07) is 8.14. The number of carboxylic acid groups (broad SMARTS) is 1. The maximum atomic E-state index is 13.2. The normalized spacial score (nSPS) is 13.6. The van der Waals surface area contributed by atoms with Gasteiger partial charge in [0.1, 0.15) is 30.2 Å². The number of hydrogen-bond acceptors (Lipinski definition) is 6. The van der Waals surface area contributed by atoms with Crippen molar-refractivity contribution in [1.29, 1.82) is 0 Å². The molecule has 37 heavy (non-hydrogen) atoms. The summed E-state index contributed by atoms with van der Waals surface area (Å²) in [5, 5.41) is 24.8. The SMILES string of the molecule is CC(C)C[C@H](NC(=O)c1ccc(Cl)cc1OC[C@H](N)C(C)C)C(=O)N[C@@H](Cc1ccc(O)cc1)C(=O)O. The summed E-state index contributed by atoms with van der Waals surface area (Å²) in [4.78, 5) is 38.2. The molecule has 0 spiro atoms. The second-order valence-corrected chi connectivity index (χ2v) is 10.2. The standard InChI is InChI=1S/C27H36ClN3O6/c1-15(2)11-22(26(34)31-23(27(35)36)12-17-5-8-19(32)9-6-17)30-25(33)20-10-7-18(28)13-24(20)37-14-21(29)16(3)4/h5-10,13,15-16,21-23,32H,11-12,14,29H2,1-4H3,(H,30,33)(H,31,34)(H,35,36)/t21-,22-,23-/m0/s1. The molecule has 2 aromatic carbocycles. The van der Waals surface area contributed by atoms with Crippen LogP contribution in [-0.2, 0) is 16.0 Å². The highest BCUT2D eigenvalue weighted by molar-refractivity contribution is 6.30. The highest BCUT2D eigenvalue weighted by Gasteiger charge is 2.28. The van der Waals surface area contributed by atoms with E-state index in [0.717, 1.165) is 0 Å². The number of ether oxygens (including phenoxy) is 1. The van der Waals surface area contributed by atoms with Crippen molar-refractivity contribution in [2.24, 2.45) is 17.6 Å². The van der Waals surface area contributed by atoms with Crippen molar-refractivity contribution in [2.75, 3.05) is 6.61 Å². The highest BCUT2D eigenvalue weighted by atomic mass is 35.5. The lowest BCUT2D eigenvalue weighted by molar-refractivity contribution is -0.142. The van der Waals surface area contributed by atoms with E-state index in [-0.39, 0.29) is 54.4 Å². The van der Waals surface area contributed by atoms with E-state index in [2.05, 4.69) is 10.6 Å². The molecule has 202 valence electrons. The second kappa shape index (κ2) is 13.9. The van der Waals surface area contributed by atoms with Gasteiger partial charge >= 0.3 is 5.97 Å². The number of aromatic hydroxyl groups is 1. The van der Waals surface area contributed by atoms with Gasteiger partial charge < -0.3 is 31.3 Å². The minimum absolute atomic E-state index is 0.00891. The Kier molecular flexibility index (Phi) is 11.2. The van der Waals surface area contributed by atoms with Crippen molar-refractivity contribution >= 4 is 29.4 Å². The lowest BCUT2D eigenvalue weighted by Crippen LogP contribution is -2.52. The van der Waals surface area contributed by atoms with Gasteiger partial charge in [0.2, 0.25) is 5.91 Å². The molecule has 10 heteroatoms. The van der Waals surface area contributed by atoms with Gasteiger partial charge in [0.25, 0.3) is 5.91 Å². The molecule has 0 saturated heterocycles. The number of carbonyl (C=O) groups is 3. The van der Waals surface area contributed by atoms with Crippen LogP contribution >= 0.6 is 11.6 Å². The molecular weight excluding hydrogens is 498 g/mol. The number of phenols is 1. The zero-order valence-corrected chi connectivity index (χ0v) is 22.3. The zero-order chi connectivity index (χ0) is 27.7. The van der Waals surface area contributed by atoms with E-state index < -0.39 is 29.9 Å². The summed E-state index contributed by atoms with van der Waals surface area (Å²) in [5.41, 5.74) is 6.87. The Hall–Kier alpha value is -3.30. The van der Waals surface area contributed by atoms with Crippen LogP contribution in [0.3, 0.4) is 0 Å². The van der Waals surface area contributed by atoms with Crippen LogP contribution in [-0.4, -0.2) is 52.7 Å². The number of nitrogens with one attached hydrogen (secondary N) is 2. The number of hydrogen-bond donors (Lipinski definition) is 5. The summed E-state index contributed by atoms with van der Waals surface area (Å²) in [6.07, 6.45) is 0.292. The predicted octanol–water partition coefficient (Wildman–Crippen LogP) is 3.36. The van der Waals surface area contributed by atoms with Gasteiger partial charge in [-0.3, -0.25) is 9.59 Å². The molecule has 0 aliphatic rings. The Morgan fingerprint density at radius 3 is 2.22 bits per heavy atom. The maximum Gasteiger partial charge on any atom is 0.326 e. The predicted molar refractivity (Wildman–Crippen MR) is 142 cm³/mol. The molecule has 0 aliphatic heterocycles. The van der Waals surface area contributed by atoms with Crippen molar-refractivity contribution in [3.8, 4) is 11.5 Å². The minimum Gasteiger partial charge on any atom is -0.508 e. The molecule has 0 bridgehead atoms. The van der Waals surface area contributed by atoms with Crippen molar-refractivity contribution in [3.05, 3.63) is 58.6 Å². The molecule has 2 amide bonds. The van der Waals surface area contributed by atoms with E-state index in [9.17, 15) is 24.6 Å². The molecule has 0 unspecified atom stereocenters. The first-order chi connectivity index (χ1) is 17.4. The largest absolute Gasteiger partial charge is 0.508 e. The quantitative estimate of drug-likeness (QED) is 0.265. The van der Waals surface area contributed by atoms with Crippen LogP contribution in [0.15, 0.2) is 42.5 Å². The van der Waals surface area contributed by atoms with Gasteiger partial charge in [-0.1, -0.05) is 51.4 Å². The molecule has 0 aromatic heterocycles. The Morgan fingerprint density at radius 1 is 1.00 bits per heavy atom. The molecule has 2 rings (SSSR count). The van der Waals surface area contributed by atoms with Crippen LogP contribution in [0.2, 0.25) is 5.02 Å². The zero-order valence-electron chi connectivity index (χ0n) is 21.5. The van der Waals surface area contributed by atoms with E-state index in [4.69, 9.17) is 22.1 Å². The molecular formula is C27H36ClN3O6. The highest BCUT2D eigenvalue weighted by Crippen LogP contribution is 2.24. The van der Waals surface area contributed by atoms with Gasteiger partial charge in [-0.2, -0.15) is 0 Å². The van der Waals surface area contributed by atoms with Crippen molar-refractivity contribution in [1.82, 2.24) is 10.6 Å². The molecule has 0 heterocycles. The number of nitrogens with two attached hydrogens (primary N) is 1. The second-order valence-electron chi connectivity index (χ2n) is 9.78. The van der Waals surface area contributed by atoms with Gasteiger partial charge in [0, 0.05) is 17.5 Å². The van der Waals surface area contributed by atoms with Gasteiger partial charge in [-0.05, 0) is 54.2 Å². The van der Waals surface area contributed by atoms with Gasteiger partial charge in [0.15, 0.2) is 0 Å². The van der Waals surface area contributed by atoms with Crippen LogP contribution in [0, 0.1) is 11.8 Å². The fourth-order valence-corrected chi connectivity index (χ4v) is 3.62. The third-order valence-electron chi connectivity index (χ3n) is 5.80. The summed E-state index contributed by atoms with van der Waals surface area (Å²) < 4.78 is 5.79. The van der Waals surface area contributed by atoms with E-state index in [1.54, 1.807) is 18.2 Å². The summed E-state index contributed by atoms with van der Waals surface area (Å²) in [7, 11) is 0. The summed E-state index contributed by atoms with van der Waals surface area (Å²) >= 11 is 6.11. The van der Waals surface area contributed by atoms with Gasteiger partial charge in [-0.15, -0.1) is 0 Å². The van der Waals surface area contributed by atoms with Crippen LogP contribution in [0.4, 0.5) is 0 Å². The van der Waals surface area contributed by atoms with E-state index >= 15 is 0 Å². The molecule has 0 fully saturated rings. The van der Waals surface area contributed by atoms with E-state index in [0.29, 0.717) is 10.6 Å². The molecule has 0 radical (unpaired) electrons. The van der Waals surface area contributed by atoms with Crippen LogP contribution in [0.1, 0.15) is 50.0 Å². The van der Waals surface area contributed by atoms with Crippen LogP contribution in [0.5, 0.6) is 11.5 Å². The molecule has 9 nitrogen and oxygen atoms in total. The van der Waals surface area contributed by atoms with Gasteiger partial charge in [-0.25, -0.2) is 4.79 Å². The number of aliphatic carboxylic acids is 1. The number of halogens is 1. The number of phenolic OH excluding ortho intramolecular Hbond substituents is 1. The third-order valence-corrected chi connectivity index (χ3v) is 6.03. The molecule has 0 aliphatic carbocycles. The first kappa shape index (κ1) is 29.9. The Morgan fingerprint density at radius 2 is 1.65 bits per heavy atom. The number of benzene rings is 2. The van der Waals surface area contributed by atoms with Crippen molar-refractivity contribution < 1.29 is 29.3 Å². The smallest absolute Gasteiger partial charge is 0.326 e. The first-order valence-electron chi connectivity index (χ1n) is 12.2. The topological polar surface area (TPSA) is 151 Å². The van der Waals surface area contributed by atoms with Crippen LogP contribution in [0.25, 0.3) is 0 Å². The Balaban J connectivity index is 2.20. The maximum absolute atomic E-state index is 13.2. The summed E-state index contributed by atoms with van der Waals surface area (Å²) in [6.45, 7) is 7.87. The van der Waals surface area contributed by atoms with E-state index in [1.807, 2.05) is 27.7 Å². The number of amides is 2. The van der Waals surface area contributed by atoms with Crippen LogP contribution < -0.4 is 21.1 Å². The lowest BCUT2D eigenvalue weighted by Gasteiger charge is -2.24. The molecule has 3 atom stereocenters. The number of rotatable bonds is 13. The van der Waals surface area contributed by atoms with Gasteiger partial charge in [0.05, 0.1) is 5.56 Å². The fraction of sp³-hybridized carbons (Fsp3) is 0.444. The van der Waals surface area contributed by atoms with Crippen molar-refractivity contribution in [3.63, 3.8) is 0 Å². The first-order valence-corrected chi connectivity index (χ1v) is 12.5. The molecule has 2 aromatic rings. The lowest BCUT2D eigenvalue weighted by atomic mass is 10.0. The summed E-state index contributed by atoms with van der Waals surface area (Å²) in [5.74, 6) is -1.91. The average molecular weight is 534 g/mol. The number of carbonyl (C=O) groups excluding carboxylic acids is 2. The minimum atomic E-state index is -1.23. The Bertz CT molecular complexity index is 1070. The third kappa shape index (κ3) is 9.59. The Labute approximate surface area is 222 Å². The average Bonchev–Trinajstić information content (AvgIpc) is 2.82. The van der Waals surface area contributed by atoms with Crippen molar-refractivity contribution in [2.45, 2.75) is 58.7 Å².